The molecule has 2 aromatic carbocycles. The summed E-state index contributed by atoms with van der Waals surface area (Å²) in [5, 5.41) is 24.8. The fraction of sp³-hybridized carbons (Fsp3) is 0.333. The number of carbonyl (C=O) groups excluding carboxylic acids is 1. The number of aliphatic hydroxyl groups is 1. The molecular formula is C27H29N3O5. The summed E-state index contributed by atoms with van der Waals surface area (Å²) >= 11 is 0. The van der Waals surface area contributed by atoms with Gasteiger partial charge in [-0.3, -0.25) is 10.1 Å². The highest BCUT2D eigenvalue weighted by molar-refractivity contribution is 5.82. The number of benzene rings is 2. The van der Waals surface area contributed by atoms with Crippen LogP contribution in [-0.4, -0.2) is 32.3 Å². The van der Waals surface area contributed by atoms with Crippen LogP contribution in [0, 0.1) is 10.1 Å². The predicted molar refractivity (Wildman–Crippen MR) is 133 cm³/mol. The number of hydrogen-bond donors (Lipinski definition) is 2. The molecule has 1 heterocycles. The number of pyridine rings is 1. The van der Waals surface area contributed by atoms with Gasteiger partial charge in [-0.05, 0) is 38.8 Å². The number of ether oxygens (including phenoxy) is 1. The van der Waals surface area contributed by atoms with E-state index in [2.05, 4.69) is 10.3 Å². The van der Waals surface area contributed by atoms with E-state index in [1.165, 1.54) is 12.3 Å². The van der Waals surface area contributed by atoms with E-state index in [9.17, 15) is 20.0 Å². The number of aromatic nitrogens is 1. The average molecular weight is 476 g/mol. The van der Waals surface area contributed by atoms with Gasteiger partial charge in [0.25, 0.3) is 5.69 Å². The molecule has 0 unspecified atom stereocenters. The molecule has 0 spiro atoms. The molecule has 1 aliphatic rings. The van der Waals surface area contributed by atoms with Crippen molar-refractivity contribution < 1.29 is 19.6 Å². The number of carbonyl (C=O) groups is 1. The third kappa shape index (κ3) is 5.33. The van der Waals surface area contributed by atoms with Gasteiger partial charge >= 0.3 is 6.09 Å². The Hall–Kier alpha value is -3.78. The molecule has 182 valence electrons. The van der Waals surface area contributed by atoms with E-state index in [0.29, 0.717) is 24.1 Å². The molecule has 4 rings (SSSR count). The van der Waals surface area contributed by atoms with Crippen molar-refractivity contribution in [3.63, 3.8) is 0 Å². The topological polar surface area (TPSA) is 115 Å². The molecule has 0 aliphatic heterocycles. The number of amides is 1. The maximum absolute atomic E-state index is 12.5. The lowest BCUT2D eigenvalue weighted by atomic mass is 9.62. The molecule has 1 aliphatic carbocycles. The molecule has 0 atom stereocenters. The first kappa shape index (κ1) is 24.3. The van der Waals surface area contributed by atoms with Crippen molar-refractivity contribution in [1.29, 1.82) is 0 Å². The van der Waals surface area contributed by atoms with Crippen LogP contribution < -0.4 is 5.32 Å². The Morgan fingerprint density at radius 2 is 1.71 bits per heavy atom. The summed E-state index contributed by atoms with van der Waals surface area (Å²) in [5.41, 5.74) is 1.33. The number of hydrogen-bond acceptors (Lipinski definition) is 6. The Balaban J connectivity index is 1.69. The molecule has 0 radical (unpaired) electrons. The van der Waals surface area contributed by atoms with Gasteiger partial charge in [-0.15, -0.1) is 0 Å². The quantitative estimate of drug-likeness (QED) is 0.367. The molecule has 0 saturated heterocycles. The number of rotatable bonds is 5. The van der Waals surface area contributed by atoms with Crippen molar-refractivity contribution in [3.05, 3.63) is 82.5 Å². The summed E-state index contributed by atoms with van der Waals surface area (Å²) in [5.74, 6) is 0. The van der Waals surface area contributed by atoms with E-state index in [1.54, 1.807) is 27.7 Å². The predicted octanol–water partition coefficient (Wildman–Crippen LogP) is 5.59. The molecule has 8 heteroatoms. The van der Waals surface area contributed by atoms with Gasteiger partial charge in [0, 0.05) is 30.0 Å². The zero-order chi connectivity index (χ0) is 25.4. The minimum Gasteiger partial charge on any atom is -0.444 e. The molecule has 1 saturated carbocycles. The second-order valence-electron chi connectivity index (χ2n) is 10.3. The standard InChI is InChI=1S/C27H29N3O5/c1-25(2,3)35-24(31)29-27(16-26(4,32)17-27)20-12-10-19(11-13-20)23-22(18-8-6-5-7-9-18)14-21(15-28-23)30(33)34/h5-15,32H,16-17H2,1-4H3,(H,29,31). The van der Waals surface area contributed by atoms with Crippen molar-refractivity contribution in [2.75, 3.05) is 0 Å². The van der Waals surface area contributed by atoms with Gasteiger partial charge in [0.1, 0.15) is 11.8 Å². The first-order valence-corrected chi connectivity index (χ1v) is 11.4. The van der Waals surface area contributed by atoms with Crippen LogP contribution in [0.15, 0.2) is 66.9 Å². The van der Waals surface area contributed by atoms with Gasteiger partial charge in [-0.1, -0.05) is 54.6 Å². The first-order valence-electron chi connectivity index (χ1n) is 11.4. The van der Waals surface area contributed by atoms with Crippen LogP contribution in [0.25, 0.3) is 22.4 Å². The zero-order valence-corrected chi connectivity index (χ0v) is 20.2. The van der Waals surface area contributed by atoms with Crippen molar-refractivity contribution in [2.45, 2.75) is 57.3 Å². The first-order chi connectivity index (χ1) is 16.4. The summed E-state index contributed by atoms with van der Waals surface area (Å²) < 4.78 is 5.45. The van der Waals surface area contributed by atoms with E-state index >= 15 is 0 Å². The maximum atomic E-state index is 12.5. The Morgan fingerprint density at radius 3 is 2.26 bits per heavy atom. The lowest BCUT2D eigenvalue weighted by molar-refractivity contribution is -0.385. The van der Waals surface area contributed by atoms with Crippen LogP contribution in [0.4, 0.5) is 10.5 Å². The Morgan fingerprint density at radius 1 is 1.09 bits per heavy atom. The number of nitrogens with zero attached hydrogens (tertiary/aromatic N) is 2. The number of nitro groups is 1. The van der Waals surface area contributed by atoms with Gasteiger partial charge in [-0.25, -0.2) is 9.78 Å². The van der Waals surface area contributed by atoms with Crippen LogP contribution >= 0.6 is 0 Å². The van der Waals surface area contributed by atoms with Crippen LogP contribution in [0.1, 0.15) is 46.1 Å². The van der Waals surface area contributed by atoms with Gasteiger partial charge in [0.05, 0.1) is 21.8 Å². The number of nitrogens with one attached hydrogen (secondary N) is 1. The molecule has 1 aromatic heterocycles. The number of alkyl carbamates (subject to hydrolysis) is 1. The molecule has 8 nitrogen and oxygen atoms in total. The molecule has 1 fully saturated rings. The van der Waals surface area contributed by atoms with Gasteiger partial charge in [0.2, 0.25) is 0 Å². The van der Waals surface area contributed by atoms with Gasteiger partial charge < -0.3 is 15.2 Å². The van der Waals surface area contributed by atoms with E-state index in [1.807, 2.05) is 54.6 Å². The fourth-order valence-electron chi connectivity index (χ4n) is 4.68. The second-order valence-corrected chi connectivity index (χ2v) is 10.3. The molecule has 1 amide bonds. The lowest BCUT2D eigenvalue weighted by Gasteiger charge is -2.52. The summed E-state index contributed by atoms with van der Waals surface area (Å²) in [6, 6.07) is 18.4. The van der Waals surface area contributed by atoms with Gasteiger partial charge in [-0.2, -0.15) is 0 Å². The Bertz CT molecular complexity index is 1240. The zero-order valence-electron chi connectivity index (χ0n) is 20.2. The van der Waals surface area contributed by atoms with Gasteiger partial charge in [0.15, 0.2) is 0 Å². The van der Waals surface area contributed by atoms with Crippen molar-refractivity contribution in [3.8, 4) is 22.4 Å². The minimum atomic E-state index is -0.895. The SMILES string of the molecule is CC1(O)CC(NC(=O)OC(C)(C)C)(c2ccc(-c3ncc([N+](=O)[O-])cc3-c3ccccc3)cc2)C1. The largest absolute Gasteiger partial charge is 0.444 e. The van der Waals surface area contributed by atoms with Crippen molar-refractivity contribution in [1.82, 2.24) is 10.3 Å². The minimum absolute atomic E-state index is 0.0820. The van der Waals surface area contributed by atoms with E-state index in [-0.39, 0.29) is 5.69 Å². The maximum Gasteiger partial charge on any atom is 0.408 e. The third-order valence-corrected chi connectivity index (χ3v) is 5.99. The molecular weight excluding hydrogens is 446 g/mol. The summed E-state index contributed by atoms with van der Waals surface area (Å²) in [6.45, 7) is 7.13. The van der Waals surface area contributed by atoms with Crippen molar-refractivity contribution >= 4 is 11.8 Å². The van der Waals surface area contributed by atoms with E-state index in [4.69, 9.17) is 4.74 Å². The van der Waals surface area contributed by atoms with Crippen LogP contribution in [-0.2, 0) is 10.3 Å². The van der Waals surface area contributed by atoms with E-state index < -0.39 is 27.8 Å². The average Bonchev–Trinajstić information content (AvgIpc) is 2.76. The summed E-state index contributed by atoms with van der Waals surface area (Å²) in [4.78, 5) is 27.9. The molecule has 35 heavy (non-hydrogen) atoms. The highest BCUT2D eigenvalue weighted by atomic mass is 16.6. The third-order valence-electron chi connectivity index (χ3n) is 5.99. The van der Waals surface area contributed by atoms with Crippen LogP contribution in [0.5, 0.6) is 0 Å². The monoisotopic (exact) mass is 475 g/mol. The highest BCUT2D eigenvalue weighted by Crippen LogP contribution is 2.48. The summed E-state index contributed by atoms with van der Waals surface area (Å²) in [7, 11) is 0. The fourth-order valence-corrected chi connectivity index (χ4v) is 4.68. The second kappa shape index (κ2) is 8.78. The molecule has 2 N–H and O–H groups in total. The smallest absolute Gasteiger partial charge is 0.408 e. The van der Waals surface area contributed by atoms with Crippen LogP contribution in [0.3, 0.4) is 0 Å². The highest BCUT2D eigenvalue weighted by Gasteiger charge is 2.53. The Kier molecular flexibility index (Phi) is 6.11. The lowest BCUT2D eigenvalue weighted by Crippen LogP contribution is -2.62. The summed E-state index contributed by atoms with van der Waals surface area (Å²) in [6.07, 6.45) is 1.41. The normalized spacial score (nSPS) is 21.6. The Labute approximate surface area is 204 Å². The molecule has 3 aromatic rings. The molecule has 0 bridgehead atoms. The van der Waals surface area contributed by atoms with Crippen molar-refractivity contribution in [2.24, 2.45) is 0 Å². The van der Waals surface area contributed by atoms with Crippen LogP contribution in [0.2, 0.25) is 0 Å². The van der Waals surface area contributed by atoms with E-state index in [0.717, 1.165) is 16.7 Å².